The number of anilines is 1. The molecule has 4 nitrogen and oxygen atoms in total. The van der Waals surface area contributed by atoms with Crippen molar-refractivity contribution in [2.24, 2.45) is 0 Å². The van der Waals surface area contributed by atoms with Crippen LogP contribution >= 0.6 is 31.9 Å². The average Bonchev–Trinajstić information content (AvgIpc) is 2.70. The topological polar surface area (TPSA) is 57.6 Å². The first kappa shape index (κ1) is 16.4. The molecule has 3 rings (SSSR count). The number of amides is 1. The van der Waals surface area contributed by atoms with Crippen LogP contribution in [0.3, 0.4) is 0 Å². The maximum Gasteiger partial charge on any atom is 0.263 e. The number of Topliss-reactive ketones (excluding diaryl/α,β-unsaturated/α-hetero) is 1. The third-order valence-electron chi connectivity index (χ3n) is 4.01. The quantitative estimate of drug-likeness (QED) is 0.744. The molecular weight excluding hydrogens is 426 g/mol. The smallest absolute Gasteiger partial charge is 0.263 e. The zero-order chi connectivity index (χ0) is 16.8. The number of aliphatic hydroxyl groups is 1. The Morgan fingerprint density at radius 3 is 2.39 bits per heavy atom. The SMILES string of the molecule is CN1C(=O)[C@](O)(CC(=O)c2ccc(Br)cc2)c2cc(Br)ccc21. The Labute approximate surface area is 150 Å². The van der Waals surface area contributed by atoms with Gasteiger partial charge in [-0.05, 0) is 30.3 Å². The van der Waals surface area contributed by atoms with E-state index in [4.69, 9.17) is 0 Å². The van der Waals surface area contributed by atoms with Gasteiger partial charge in [-0.1, -0.05) is 44.0 Å². The second-order valence-electron chi connectivity index (χ2n) is 5.49. The molecule has 0 aromatic heterocycles. The van der Waals surface area contributed by atoms with E-state index in [1.54, 1.807) is 49.5 Å². The highest BCUT2D eigenvalue weighted by molar-refractivity contribution is 9.10. The van der Waals surface area contributed by atoms with Crippen LogP contribution in [0.5, 0.6) is 0 Å². The van der Waals surface area contributed by atoms with Gasteiger partial charge in [0.25, 0.3) is 5.91 Å². The van der Waals surface area contributed by atoms with Gasteiger partial charge in [0.2, 0.25) is 0 Å². The standard InChI is InChI=1S/C17H13Br2NO3/c1-20-14-7-6-12(19)8-13(14)17(23,16(20)22)9-15(21)10-2-4-11(18)5-3-10/h2-8,23H,9H2,1H3/t17-/m0/s1. The number of ketones is 1. The summed E-state index contributed by atoms with van der Waals surface area (Å²) in [5, 5.41) is 11.0. The fourth-order valence-corrected chi connectivity index (χ4v) is 3.40. The van der Waals surface area contributed by atoms with Crippen molar-refractivity contribution in [2.45, 2.75) is 12.0 Å². The van der Waals surface area contributed by atoms with E-state index in [0.717, 1.165) is 8.95 Å². The molecule has 0 saturated carbocycles. The summed E-state index contributed by atoms with van der Waals surface area (Å²) in [7, 11) is 1.59. The second-order valence-corrected chi connectivity index (χ2v) is 7.32. The minimum atomic E-state index is -1.84. The summed E-state index contributed by atoms with van der Waals surface area (Å²) >= 11 is 6.66. The van der Waals surface area contributed by atoms with Gasteiger partial charge in [-0.2, -0.15) is 0 Å². The van der Waals surface area contributed by atoms with Crippen molar-refractivity contribution in [2.75, 3.05) is 11.9 Å². The third-order valence-corrected chi connectivity index (χ3v) is 5.03. The molecule has 6 heteroatoms. The van der Waals surface area contributed by atoms with Gasteiger partial charge >= 0.3 is 0 Å². The highest BCUT2D eigenvalue weighted by Crippen LogP contribution is 2.43. The Hall–Kier alpha value is -1.50. The Morgan fingerprint density at radius 2 is 1.74 bits per heavy atom. The molecule has 2 aromatic rings. The molecular formula is C17H13Br2NO3. The number of halogens is 2. The van der Waals surface area contributed by atoms with Gasteiger partial charge in [-0.15, -0.1) is 0 Å². The van der Waals surface area contributed by atoms with Crippen molar-refractivity contribution < 1.29 is 14.7 Å². The van der Waals surface area contributed by atoms with Gasteiger partial charge in [0.05, 0.1) is 12.1 Å². The number of rotatable bonds is 3. The van der Waals surface area contributed by atoms with E-state index in [1.807, 2.05) is 0 Å². The van der Waals surface area contributed by atoms with E-state index in [-0.39, 0.29) is 12.2 Å². The summed E-state index contributed by atoms with van der Waals surface area (Å²) in [6.45, 7) is 0. The highest BCUT2D eigenvalue weighted by atomic mass is 79.9. The lowest BCUT2D eigenvalue weighted by atomic mass is 9.88. The first-order valence-electron chi connectivity index (χ1n) is 6.92. The molecule has 1 amide bonds. The minimum Gasteiger partial charge on any atom is -0.375 e. The summed E-state index contributed by atoms with van der Waals surface area (Å²) in [6, 6.07) is 12.1. The van der Waals surface area contributed by atoms with Crippen LogP contribution in [0.4, 0.5) is 5.69 Å². The molecule has 0 radical (unpaired) electrons. The van der Waals surface area contributed by atoms with Crippen molar-refractivity contribution in [3.63, 3.8) is 0 Å². The van der Waals surface area contributed by atoms with Crippen LogP contribution in [-0.4, -0.2) is 23.8 Å². The molecule has 0 unspecified atom stereocenters. The lowest BCUT2D eigenvalue weighted by Crippen LogP contribution is -2.40. The van der Waals surface area contributed by atoms with Gasteiger partial charge in [0.15, 0.2) is 11.4 Å². The summed E-state index contributed by atoms with van der Waals surface area (Å²) in [6.07, 6.45) is -0.290. The van der Waals surface area contributed by atoms with Crippen molar-refractivity contribution in [1.82, 2.24) is 0 Å². The molecule has 0 bridgehead atoms. The predicted octanol–water partition coefficient (Wildman–Crippen LogP) is 3.65. The third kappa shape index (κ3) is 2.75. The summed E-state index contributed by atoms with van der Waals surface area (Å²) in [5.74, 6) is -0.773. The van der Waals surface area contributed by atoms with Gasteiger partial charge in [0, 0.05) is 27.1 Å². The fourth-order valence-electron chi connectivity index (χ4n) is 2.78. The van der Waals surface area contributed by atoms with E-state index in [1.165, 1.54) is 4.90 Å². The molecule has 0 spiro atoms. The van der Waals surface area contributed by atoms with Crippen LogP contribution in [0, 0.1) is 0 Å². The zero-order valence-corrected chi connectivity index (χ0v) is 15.4. The summed E-state index contributed by atoms with van der Waals surface area (Å²) in [4.78, 5) is 26.4. The highest BCUT2D eigenvalue weighted by Gasteiger charge is 2.49. The van der Waals surface area contributed by atoms with E-state index >= 15 is 0 Å². The van der Waals surface area contributed by atoms with Gasteiger partial charge in [0.1, 0.15) is 0 Å². The normalized spacial score (nSPS) is 19.8. The molecule has 0 saturated heterocycles. The van der Waals surface area contributed by atoms with Crippen LogP contribution in [0.15, 0.2) is 51.4 Å². The number of hydrogen-bond donors (Lipinski definition) is 1. The van der Waals surface area contributed by atoms with Crippen molar-refractivity contribution >= 4 is 49.2 Å². The second kappa shape index (κ2) is 5.85. The van der Waals surface area contributed by atoms with Gasteiger partial charge < -0.3 is 10.0 Å². The van der Waals surface area contributed by atoms with E-state index in [9.17, 15) is 14.7 Å². The number of likely N-dealkylation sites (N-methyl/N-ethyl adjacent to an activating group) is 1. The maximum atomic E-state index is 12.5. The van der Waals surface area contributed by atoms with E-state index < -0.39 is 11.5 Å². The molecule has 1 aliphatic heterocycles. The molecule has 1 N–H and O–H groups in total. The van der Waals surface area contributed by atoms with Crippen LogP contribution in [-0.2, 0) is 10.4 Å². The van der Waals surface area contributed by atoms with Crippen LogP contribution < -0.4 is 4.90 Å². The number of hydrogen-bond acceptors (Lipinski definition) is 3. The van der Waals surface area contributed by atoms with E-state index in [2.05, 4.69) is 31.9 Å². The number of carbonyl (C=O) groups excluding carboxylic acids is 2. The summed E-state index contributed by atoms with van der Waals surface area (Å²) in [5.41, 5.74) is -0.312. The zero-order valence-electron chi connectivity index (χ0n) is 12.2. The van der Waals surface area contributed by atoms with E-state index in [0.29, 0.717) is 16.8 Å². The maximum absolute atomic E-state index is 12.5. The van der Waals surface area contributed by atoms with Crippen LogP contribution in [0.2, 0.25) is 0 Å². The monoisotopic (exact) mass is 437 g/mol. The molecule has 1 atom stereocenters. The average molecular weight is 439 g/mol. The van der Waals surface area contributed by atoms with Crippen molar-refractivity contribution in [3.05, 3.63) is 62.5 Å². The molecule has 0 aliphatic carbocycles. The Balaban J connectivity index is 1.98. The fraction of sp³-hybridized carbons (Fsp3) is 0.176. The first-order valence-corrected chi connectivity index (χ1v) is 8.51. The Bertz CT molecular complexity index is 804. The number of nitrogens with zero attached hydrogens (tertiary/aromatic N) is 1. The van der Waals surface area contributed by atoms with Crippen LogP contribution in [0.1, 0.15) is 22.3 Å². The first-order chi connectivity index (χ1) is 10.8. The molecule has 23 heavy (non-hydrogen) atoms. The van der Waals surface area contributed by atoms with Crippen LogP contribution in [0.25, 0.3) is 0 Å². The number of carbonyl (C=O) groups is 2. The van der Waals surface area contributed by atoms with Crippen molar-refractivity contribution in [1.29, 1.82) is 0 Å². The number of fused-ring (bicyclic) bond motifs is 1. The minimum absolute atomic E-state index is 0.283. The lowest BCUT2D eigenvalue weighted by Gasteiger charge is -2.21. The lowest BCUT2D eigenvalue weighted by molar-refractivity contribution is -0.135. The molecule has 1 heterocycles. The van der Waals surface area contributed by atoms with Gasteiger partial charge in [-0.3, -0.25) is 9.59 Å². The Morgan fingerprint density at radius 1 is 1.13 bits per heavy atom. The molecule has 2 aromatic carbocycles. The molecule has 1 aliphatic rings. The largest absolute Gasteiger partial charge is 0.375 e. The van der Waals surface area contributed by atoms with Gasteiger partial charge in [-0.25, -0.2) is 0 Å². The molecule has 0 fully saturated rings. The predicted molar refractivity (Wildman–Crippen MR) is 94.5 cm³/mol. The summed E-state index contributed by atoms with van der Waals surface area (Å²) < 4.78 is 1.60. The molecule has 118 valence electrons. The number of benzene rings is 2. The van der Waals surface area contributed by atoms with Crippen molar-refractivity contribution in [3.8, 4) is 0 Å². The Kier molecular flexibility index (Phi) is 4.16.